The summed E-state index contributed by atoms with van der Waals surface area (Å²) in [6.45, 7) is 0. The van der Waals surface area contributed by atoms with E-state index >= 15 is 0 Å². The van der Waals surface area contributed by atoms with Gasteiger partial charge >= 0.3 is 18.1 Å². The van der Waals surface area contributed by atoms with Crippen LogP contribution in [0.15, 0.2) is 42.5 Å². The Morgan fingerprint density at radius 3 is 2.20 bits per heavy atom. The number of hydrogen-bond acceptors (Lipinski definition) is 3. The van der Waals surface area contributed by atoms with Crippen molar-refractivity contribution in [3.63, 3.8) is 0 Å². The molecule has 25 heavy (non-hydrogen) atoms. The minimum absolute atomic E-state index is 0.0169. The van der Waals surface area contributed by atoms with Gasteiger partial charge in [-0.3, -0.25) is 5.32 Å². The molecular formula is C15H9ClF4N2O3. The van der Waals surface area contributed by atoms with Crippen molar-refractivity contribution in [2.75, 3.05) is 5.32 Å². The van der Waals surface area contributed by atoms with Gasteiger partial charge in [-0.2, -0.15) is 13.2 Å². The molecule has 2 N–H and O–H groups in total. The highest BCUT2D eigenvalue weighted by atomic mass is 35.5. The van der Waals surface area contributed by atoms with Crippen molar-refractivity contribution in [3.05, 3.63) is 53.3 Å². The number of carbonyl (C=O) groups is 1. The van der Waals surface area contributed by atoms with Crippen molar-refractivity contribution >= 4 is 23.3 Å². The number of nitrogens with one attached hydrogen (secondary N) is 2. The molecule has 2 aromatic carbocycles. The zero-order valence-electron chi connectivity index (χ0n) is 12.2. The van der Waals surface area contributed by atoms with Crippen molar-refractivity contribution in [2.24, 2.45) is 0 Å². The van der Waals surface area contributed by atoms with Crippen molar-refractivity contribution in [2.45, 2.75) is 12.1 Å². The Labute approximate surface area is 143 Å². The van der Waals surface area contributed by atoms with Crippen LogP contribution < -0.4 is 20.1 Å². The number of rotatable bonds is 2. The number of anilines is 1. The third kappa shape index (κ3) is 3.27. The summed E-state index contributed by atoms with van der Waals surface area (Å²) in [6, 6.07) is 7.28. The van der Waals surface area contributed by atoms with Crippen LogP contribution >= 0.6 is 11.6 Å². The van der Waals surface area contributed by atoms with Crippen molar-refractivity contribution in [1.29, 1.82) is 0 Å². The van der Waals surface area contributed by atoms with Crippen LogP contribution in [0.2, 0.25) is 5.02 Å². The van der Waals surface area contributed by atoms with Crippen molar-refractivity contribution in [3.8, 4) is 11.5 Å². The number of fused-ring (bicyclic) bond motifs is 1. The second kappa shape index (κ2) is 5.99. The molecule has 0 bridgehead atoms. The van der Waals surface area contributed by atoms with Gasteiger partial charge in [-0.15, -0.1) is 0 Å². The number of amides is 2. The molecule has 1 aliphatic heterocycles. The average Bonchev–Trinajstić information content (AvgIpc) is 2.90. The van der Waals surface area contributed by atoms with Crippen molar-refractivity contribution in [1.82, 2.24) is 5.32 Å². The van der Waals surface area contributed by atoms with E-state index in [9.17, 15) is 22.4 Å². The lowest BCUT2D eigenvalue weighted by Crippen LogP contribution is -2.65. The number of para-hydroxylation sites is 2. The highest BCUT2D eigenvalue weighted by molar-refractivity contribution is 6.31. The molecule has 132 valence electrons. The number of halogens is 5. The summed E-state index contributed by atoms with van der Waals surface area (Å²) in [7, 11) is 0. The van der Waals surface area contributed by atoms with E-state index in [0.717, 1.165) is 18.2 Å². The van der Waals surface area contributed by atoms with Crippen LogP contribution in [0.1, 0.15) is 0 Å². The predicted molar refractivity (Wildman–Crippen MR) is 80.0 cm³/mol. The first-order valence-corrected chi connectivity index (χ1v) is 7.16. The highest BCUT2D eigenvalue weighted by Gasteiger charge is 2.65. The molecule has 10 heteroatoms. The Kier molecular flexibility index (Phi) is 4.11. The Morgan fingerprint density at radius 2 is 1.68 bits per heavy atom. The molecule has 1 aliphatic rings. The van der Waals surface area contributed by atoms with Gasteiger partial charge in [-0.25, -0.2) is 9.18 Å². The number of ether oxygens (including phenoxy) is 2. The summed E-state index contributed by atoms with van der Waals surface area (Å²) in [5.41, 5.74) is -0.0169. The summed E-state index contributed by atoms with van der Waals surface area (Å²) in [6.07, 6.45) is -5.08. The zero-order chi connectivity index (χ0) is 18.2. The van der Waals surface area contributed by atoms with Gasteiger partial charge in [-0.1, -0.05) is 23.7 Å². The summed E-state index contributed by atoms with van der Waals surface area (Å²) < 4.78 is 63.0. The molecule has 0 saturated heterocycles. The van der Waals surface area contributed by atoms with E-state index in [4.69, 9.17) is 21.1 Å². The van der Waals surface area contributed by atoms with Crippen LogP contribution in [0.3, 0.4) is 0 Å². The second-order valence-corrected chi connectivity index (χ2v) is 5.38. The normalized spacial score (nSPS) is 14.9. The lowest BCUT2D eigenvalue weighted by molar-refractivity contribution is -0.317. The zero-order valence-corrected chi connectivity index (χ0v) is 12.9. The largest absolute Gasteiger partial charge is 0.492 e. The molecule has 2 aromatic rings. The van der Waals surface area contributed by atoms with Gasteiger partial charge in [0.1, 0.15) is 5.82 Å². The quantitative estimate of drug-likeness (QED) is 0.769. The van der Waals surface area contributed by atoms with E-state index in [1.807, 2.05) is 0 Å². The monoisotopic (exact) mass is 376 g/mol. The molecule has 0 saturated carbocycles. The number of benzene rings is 2. The molecule has 3 rings (SSSR count). The Balaban J connectivity index is 1.80. The third-order valence-electron chi connectivity index (χ3n) is 3.19. The van der Waals surface area contributed by atoms with Crippen LogP contribution in [0.25, 0.3) is 0 Å². The van der Waals surface area contributed by atoms with Gasteiger partial charge < -0.3 is 14.8 Å². The number of hydrogen-bond donors (Lipinski definition) is 2. The van der Waals surface area contributed by atoms with E-state index in [2.05, 4.69) is 5.32 Å². The molecule has 0 aliphatic carbocycles. The summed E-state index contributed by atoms with van der Waals surface area (Å²) >= 11 is 5.55. The first-order chi connectivity index (χ1) is 11.7. The first kappa shape index (κ1) is 17.2. The van der Waals surface area contributed by atoms with E-state index in [-0.39, 0.29) is 22.2 Å². The molecule has 0 radical (unpaired) electrons. The molecule has 2 amide bonds. The number of urea groups is 1. The lowest BCUT2D eigenvalue weighted by Gasteiger charge is -2.29. The first-order valence-electron chi connectivity index (χ1n) is 6.78. The maximum atomic E-state index is 13.4. The molecule has 1 heterocycles. The molecule has 0 atom stereocenters. The topological polar surface area (TPSA) is 59.6 Å². The van der Waals surface area contributed by atoms with Crippen LogP contribution in [0, 0.1) is 5.82 Å². The minimum atomic E-state index is -5.08. The Morgan fingerprint density at radius 1 is 1.08 bits per heavy atom. The van der Waals surface area contributed by atoms with Gasteiger partial charge in [-0.05, 0) is 30.3 Å². The number of alkyl halides is 3. The molecule has 0 aromatic heterocycles. The molecule has 0 fully saturated rings. The minimum Gasteiger partial charge on any atom is -0.424 e. The maximum Gasteiger partial charge on any atom is 0.492 e. The van der Waals surface area contributed by atoms with Crippen LogP contribution in [0.5, 0.6) is 11.5 Å². The fourth-order valence-corrected chi connectivity index (χ4v) is 2.25. The van der Waals surface area contributed by atoms with Crippen LogP contribution in [-0.2, 0) is 0 Å². The highest BCUT2D eigenvalue weighted by Crippen LogP contribution is 2.44. The maximum absolute atomic E-state index is 13.4. The Bertz CT molecular complexity index is 804. The molecule has 5 nitrogen and oxygen atoms in total. The fraction of sp³-hybridized carbons (Fsp3) is 0.133. The Hall–Kier alpha value is -2.68. The lowest BCUT2D eigenvalue weighted by atomic mass is 10.3. The van der Waals surface area contributed by atoms with Crippen LogP contribution in [0.4, 0.5) is 28.0 Å². The van der Waals surface area contributed by atoms with Crippen LogP contribution in [-0.4, -0.2) is 18.1 Å². The summed E-state index contributed by atoms with van der Waals surface area (Å²) in [5.74, 6) is -4.47. The SMILES string of the molecule is O=C(Nc1ccc(F)c(Cl)c1)NC1(C(F)(F)F)Oc2ccccc2O1. The average molecular weight is 377 g/mol. The number of carbonyl (C=O) groups excluding carboxylic acids is 1. The van der Waals surface area contributed by atoms with E-state index in [0.29, 0.717) is 0 Å². The van der Waals surface area contributed by atoms with Crippen molar-refractivity contribution < 1.29 is 31.8 Å². The van der Waals surface area contributed by atoms with Gasteiger partial charge in [0, 0.05) is 5.69 Å². The van der Waals surface area contributed by atoms with Gasteiger partial charge in [0.2, 0.25) is 0 Å². The third-order valence-corrected chi connectivity index (χ3v) is 3.47. The predicted octanol–water partition coefficient (Wildman–Crippen LogP) is 4.29. The standard InChI is InChI=1S/C15H9ClF4N2O3/c16-9-7-8(5-6-10(9)17)21-13(23)22-15(14(18,19)20)24-11-3-1-2-4-12(11)25-15/h1-7H,(H2,21,22,23). The van der Waals surface area contributed by atoms with E-state index < -0.39 is 23.9 Å². The summed E-state index contributed by atoms with van der Waals surface area (Å²) in [4.78, 5) is 11.9. The fourth-order valence-electron chi connectivity index (χ4n) is 2.07. The smallest absolute Gasteiger partial charge is 0.424 e. The van der Waals surface area contributed by atoms with Gasteiger partial charge in [0.05, 0.1) is 5.02 Å². The second-order valence-electron chi connectivity index (χ2n) is 4.97. The molecule has 0 unspecified atom stereocenters. The van der Waals surface area contributed by atoms with Gasteiger partial charge in [0.15, 0.2) is 11.5 Å². The van der Waals surface area contributed by atoms with E-state index in [1.54, 1.807) is 5.32 Å². The summed E-state index contributed by atoms with van der Waals surface area (Å²) in [5, 5.41) is 3.40. The molecular weight excluding hydrogens is 368 g/mol. The van der Waals surface area contributed by atoms with Gasteiger partial charge in [0.25, 0.3) is 0 Å². The molecule has 0 spiro atoms. The van der Waals surface area contributed by atoms with E-state index in [1.165, 1.54) is 24.3 Å².